The average molecular weight is 374 g/mol. The van der Waals surface area contributed by atoms with E-state index in [1.54, 1.807) is 41.7 Å². The molecule has 0 N–H and O–H groups in total. The van der Waals surface area contributed by atoms with Gasteiger partial charge in [0.25, 0.3) is 5.91 Å². The number of nitrogens with zero attached hydrogens (tertiary/aromatic N) is 4. The first-order chi connectivity index (χ1) is 12.6. The molecular weight excluding hydrogens is 352 g/mol. The quantitative estimate of drug-likeness (QED) is 0.721. The van der Waals surface area contributed by atoms with Gasteiger partial charge in [-0.25, -0.2) is 14.8 Å². The molecule has 0 spiro atoms. The van der Waals surface area contributed by atoms with Gasteiger partial charge in [-0.1, -0.05) is 0 Å². The smallest absolute Gasteiger partial charge is 0.329 e. The third kappa shape index (κ3) is 4.57. The number of carbonyl (C=O) groups excluding carboxylic acids is 2. The van der Waals surface area contributed by atoms with Crippen molar-refractivity contribution < 1.29 is 14.3 Å². The molecular formula is C18H22N4O3S. The molecule has 1 aliphatic heterocycles. The first-order valence-electron chi connectivity index (χ1n) is 8.60. The Morgan fingerprint density at radius 3 is 2.88 bits per heavy atom. The van der Waals surface area contributed by atoms with Gasteiger partial charge in [-0.15, -0.1) is 0 Å². The second kappa shape index (κ2) is 8.75. The van der Waals surface area contributed by atoms with E-state index in [9.17, 15) is 9.59 Å². The zero-order valence-corrected chi connectivity index (χ0v) is 15.5. The lowest BCUT2D eigenvalue weighted by atomic mass is 10.0. The summed E-state index contributed by atoms with van der Waals surface area (Å²) in [4.78, 5) is 36.7. The number of piperidine rings is 1. The number of hydrogen-bond acceptors (Lipinski definition) is 7. The zero-order valence-electron chi connectivity index (χ0n) is 14.7. The summed E-state index contributed by atoms with van der Waals surface area (Å²) in [7, 11) is 1.71. The first-order valence-corrected chi connectivity index (χ1v) is 9.55. The van der Waals surface area contributed by atoms with E-state index in [0.29, 0.717) is 25.5 Å². The number of rotatable bonds is 6. The summed E-state index contributed by atoms with van der Waals surface area (Å²) in [5.41, 5.74) is 1.07. The van der Waals surface area contributed by atoms with Crippen LogP contribution in [0.25, 0.3) is 0 Å². The molecule has 0 bridgehead atoms. The van der Waals surface area contributed by atoms with Crippen LogP contribution in [0.5, 0.6) is 0 Å². The molecule has 3 rings (SSSR count). The van der Waals surface area contributed by atoms with Crippen LogP contribution >= 0.6 is 11.3 Å². The normalized spacial score (nSPS) is 17.0. The van der Waals surface area contributed by atoms with Crippen LogP contribution in [0, 0.1) is 0 Å². The number of likely N-dealkylation sites (N-methyl/N-ethyl adjacent to an activating group) is 1. The molecule has 138 valence electrons. The lowest BCUT2D eigenvalue weighted by molar-refractivity contribution is -0.153. The lowest BCUT2D eigenvalue weighted by Crippen LogP contribution is -2.47. The van der Waals surface area contributed by atoms with Crippen molar-refractivity contribution in [3.05, 3.63) is 40.8 Å². The largest absolute Gasteiger partial charge is 0.454 e. The van der Waals surface area contributed by atoms with E-state index in [1.807, 2.05) is 21.7 Å². The molecule has 3 heterocycles. The number of amides is 1. The third-order valence-corrected chi connectivity index (χ3v) is 5.08. The molecule has 0 aliphatic carbocycles. The van der Waals surface area contributed by atoms with Crippen molar-refractivity contribution in [1.29, 1.82) is 0 Å². The SMILES string of the molecule is CN(Cc1ccsc1)C(=O)COC(=O)[C@H]1CCCCN1c1ncccn1. The fourth-order valence-electron chi connectivity index (χ4n) is 2.94. The highest BCUT2D eigenvalue weighted by Gasteiger charge is 2.32. The molecule has 8 heteroatoms. The predicted molar refractivity (Wildman–Crippen MR) is 98.8 cm³/mol. The number of carbonyl (C=O) groups is 2. The number of ether oxygens (including phenoxy) is 1. The van der Waals surface area contributed by atoms with Gasteiger partial charge in [0.05, 0.1) is 0 Å². The summed E-state index contributed by atoms with van der Waals surface area (Å²) in [5, 5.41) is 3.96. The Kier molecular flexibility index (Phi) is 6.17. The molecule has 0 aromatic carbocycles. The van der Waals surface area contributed by atoms with Crippen LogP contribution in [0.1, 0.15) is 24.8 Å². The minimum absolute atomic E-state index is 0.220. The van der Waals surface area contributed by atoms with Crippen molar-refractivity contribution in [2.45, 2.75) is 31.8 Å². The van der Waals surface area contributed by atoms with E-state index < -0.39 is 12.0 Å². The van der Waals surface area contributed by atoms with Crippen molar-refractivity contribution in [1.82, 2.24) is 14.9 Å². The first kappa shape index (κ1) is 18.3. The number of esters is 1. The topological polar surface area (TPSA) is 75.6 Å². The predicted octanol–water partition coefficient (Wildman–Crippen LogP) is 2.10. The van der Waals surface area contributed by atoms with Crippen LogP contribution in [0.3, 0.4) is 0 Å². The van der Waals surface area contributed by atoms with Crippen molar-refractivity contribution in [3.8, 4) is 0 Å². The van der Waals surface area contributed by atoms with Crippen molar-refractivity contribution in [2.24, 2.45) is 0 Å². The van der Waals surface area contributed by atoms with E-state index in [2.05, 4.69) is 9.97 Å². The Morgan fingerprint density at radius 2 is 2.15 bits per heavy atom. The fraction of sp³-hybridized carbons (Fsp3) is 0.444. The molecule has 1 amide bonds. The van der Waals surface area contributed by atoms with Gasteiger partial charge >= 0.3 is 5.97 Å². The van der Waals surface area contributed by atoms with Crippen molar-refractivity contribution in [3.63, 3.8) is 0 Å². The Balaban J connectivity index is 1.55. The van der Waals surface area contributed by atoms with Crippen molar-refractivity contribution >= 4 is 29.2 Å². The minimum atomic E-state index is -0.443. The number of thiophene rings is 1. The van der Waals surface area contributed by atoms with Crippen LogP contribution in [0.2, 0.25) is 0 Å². The molecule has 0 unspecified atom stereocenters. The molecule has 26 heavy (non-hydrogen) atoms. The van der Waals surface area contributed by atoms with Crippen molar-refractivity contribution in [2.75, 3.05) is 25.1 Å². The maximum atomic E-state index is 12.5. The van der Waals surface area contributed by atoms with E-state index in [0.717, 1.165) is 18.4 Å². The molecule has 2 aromatic heterocycles. The molecule has 1 saturated heterocycles. The molecule has 0 saturated carbocycles. The van der Waals surface area contributed by atoms with Gasteiger partial charge in [0, 0.05) is 32.5 Å². The minimum Gasteiger partial charge on any atom is -0.454 e. The summed E-state index contributed by atoms with van der Waals surface area (Å²) >= 11 is 1.59. The van der Waals surface area contributed by atoms with E-state index >= 15 is 0 Å². The lowest BCUT2D eigenvalue weighted by Gasteiger charge is -2.33. The highest BCUT2D eigenvalue weighted by molar-refractivity contribution is 7.07. The molecule has 0 radical (unpaired) electrons. The van der Waals surface area contributed by atoms with E-state index in [1.165, 1.54) is 0 Å². The third-order valence-electron chi connectivity index (χ3n) is 4.35. The second-order valence-corrected chi connectivity index (χ2v) is 7.02. The van der Waals surface area contributed by atoms with Gasteiger partial charge in [-0.05, 0) is 47.7 Å². The Morgan fingerprint density at radius 1 is 1.35 bits per heavy atom. The van der Waals surface area contributed by atoms with Crippen LogP contribution in [0.4, 0.5) is 5.95 Å². The fourth-order valence-corrected chi connectivity index (χ4v) is 3.60. The Labute approximate surface area is 156 Å². The van der Waals surface area contributed by atoms with Crippen LogP contribution in [-0.2, 0) is 20.9 Å². The Hall–Kier alpha value is -2.48. The molecule has 1 aliphatic rings. The average Bonchev–Trinajstić information content (AvgIpc) is 3.19. The van der Waals surface area contributed by atoms with E-state index in [-0.39, 0.29) is 12.5 Å². The van der Waals surface area contributed by atoms with Gasteiger partial charge in [-0.3, -0.25) is 4.79 Å². The standard InChI is InChI=1S/C18H22N4O3S/c1-21(11-14-6-10-26-13-14)16(23)12-25-17(24)15-5-2-3-9-22(15)18-19-7-4-8-20-18/h4,6-8,10,13,15H,2-3,5,9,11-12H2,1H3/t15-/m1/s1. The maximum absolute atomic E-state index is 12.5. The van der Waals surface area contributed by atoms with Gasteiger partial charge in [-0.2, -0.15) is 11.3 Å². The van der Waals surface area contributed by atoms with Gasteiger partial charge in [0.15, 0.2) is 6.61 Å². The highest BCUT2D eigenvalue weighted by Crippen LogP contribution is 2.22. The van der Waals surface area contributed by atoms with Gasteiger partial charge in [0.1, 0.15) is 6.04 Å². The second-order valence-electron chi connectivity index (χ2n) is 6.24. The maximum Gasteiger partial charge on any atom is 0.329 e. The summed E-state index contributed by atoms with van der Waals surface area (Å²) in [6.45, 7) is 0.961. The Bertz CT molecular complexity index is 723. The van der Waals surface area contributed by atoms with Gasteiger partial charge < -0.3 is 14.5 Å². The number of hydrogen-bond donors (Lipinski definition) is 0. The van der Waals surface area contributed by atoms with Gasteiger partial charge in [0.2, 0.25) is 5.95 Å². The molecule has 7 nitrogen and oxygen atoms in total. The molecule has 1 atom stereocenters. The van der Waals surface area contributed by atoms with E-state index in [4.69, 9.17) is 4.74 Å². The zero-order chi connectivity index (χ0) is 18.4. The monoisotopic (exact) mass is 374 g/mol. The van der Waals surface area contributed by atoms with Crippen LogP contribution < -0.4 is 4.90 Å². The summed E-state index contributed by atoms with van der Waals surface area (Å²) in [6.07, 6.45) is 5.90. The summed E-state index contributed by atoms with van der Waals surface area (Å²) < 4.78 is 5.31. The highest BCUT2D eigenvalue weighted by atomic mass is 32.1. The van der Waals surface area contributed by atoms with Crippen LogP contribution in [0.15, 0.2) is 35.3 Å². The molecule has 2 aromatic rings. The molecule has 1 fully saturated rings. The number of aromatic nitrogens is 2. The summed E-state index contributed by atoms with van der Waals surface area (Å²) in [6, 6.07) is 3.27. The van der Waals surface area contributed by atoms with Crippen LogP contribution in [-0.4, -0.2) is 53.0 Å². The summed E-state index contributed by atoms with van der Waals surface area (Å²) in [5.74, 6) is -0.0904. The number of anilines is 1.